The van der Waals surface area contributed by atoms with E-state index in [0.29, 0.717) is 6.04 Å². The maximum Gasteiger partial charge on any atom is 0.145 e. The summed E-state index contributed by atoms with van der Waals surface area (Å²) in [5.41, 5.74) is 1.28. The highest BCUT2D eigenvalue weighted by Gasteiger charge is 2.06. The molecule has 0 saturated heterocycles. The summed E-state index contributed by atoms with van der Waals surface area (Å²) in [6.07, 6.45) is 4.50. The number of benzene rings is 1. The molecule has 0 bridgehead atoms. The van der Waals surface area contributed by atoms with Crippen LogP contribution in [0.25, 0.3) is 0 Å². The molecule has 1 N–H and O–H groups in total. The Morgan fingerprint density at radius 3 is 2.50 bits per heavy atom. The number of rotatable bonds is 5. The summed E-state index contributed by atoms with van der Waals surface area (Å²) in [7, 11) is 1.98. The molecule has 0 fully saturated rings. The summed E-state index contributed by atoms with van der Waals surface area (Å²) >= 11 is 0. The van der Waals surface area contributed by atoms with Crippen LogP contribution >= 0.6 is 0 Å². The number of nitrogens with zero attached hydrogens (tertiary/aromatic N) is 1. The first kappa shape index (κ1) is 12.6. The summed E-state index contributed by atoms with van der Waals surface area (Å²) in [5, 5.41) is 3.29. The average Bonchev–Trinajstić information content (AvgIpc) is 2.43. The van der Waals surface area contributed by atoms with Crippen LogP contribution in [0.5, 0.6) is 11.5 Å². The molecule has 0 amide bonds. The van der Waals surface area contributed by atoms with Crippen molar-refractivity contribution in [3.8, 4) is 11.5 Å². The van der Waals surface area contributed by atoms with Crippen LogP contribution < -0.4 is 10.1 Å². The van der Waals surface area contributed by atoms with E-state index in [-0.39, 0.29) is 0 Å². The molecule has 0 aliphatic carbocycles. The molecule has 18 heavy (non-hydrogen) atoms. The number of aromatic nitrogens is 1. The smallest absolute Gasteiger partial charge is 0.145 e. The molecule has 2 aromatic rings. The molecular weight excluding hydrogens is 224 g/mol. The third-order valence-electron chi connectivity index (χ3n) is 2.91. The molecule has 2 rings (SSSR count). The third-order valence-corrected chi connectivity index (χ3v) is 2.91. The number of ether oxygens (including phenoxy) is 1. The Bertz CT molecular complexity index is 464. The van der Waals surface area contributed by atoms with Crippen molar-refractivity contribution in [2.75, 3.05) is 7.05 Å². The predicted octanol–water partition coefficient (Wildman–Crippen LogP) is 3.54. The fourth-order valence-corrected chi connectivity index (χ4v) is 1.92. The van der Waals surface area contributed by atoms with E-state index in [1.807, 2.05) is 31.3 Å². The molecule has 1 atom stereocenters. The molecule has 0 radical (unpaired) electrons. The van der Waals surface area contributed by atoms with Gasteiger partial charge < -0.3 is 10.1 Å². The number of hydrogen-bond acceptors (Lipinski definition) is 3. The van der Waals surface area contributed by atoms with Crippen molar-refractivity contribution < 1.29 is 4.74 Å². The fourth-order valence-electron chi connectivity index (χ4n) is 1.92. The largest absolute Gasteiger partial charge is 0.456 e. The average molecular weight is 242 g/mol. The van der Waals surface area contributed by atoms with Crippen molar-refractivity contribution in [1.29, 1.82) is 0 Å². The Labute approximate surface area is 108 Å². The van der Waals surface area contributed by atoms with E-state index in [1.165, 1.54) is 5.56 Å². The quantitative estimate of drug-likeness (QED) is 0.870. The number of pyridine rings is 1. The standard InChI is InChI=1S/C15H18N2O/c1-3-15(16-2)12-6-8-13(9-7-12)18-14-5-4-10-17-11-14/h4-11,15-16H,3H2,1-2H3. The molecule has 0 spiro atoms. The highest BCUT2D eigenvalue weighted by molar-refractivity contribution is 5.32. The predicted molar refractivity (Wildman–Crippen MR) is 72.8 cm³/mol. The Morgan fingerprint density at radius 2 is 1.94 bits per heavy atom. The minimum absolute atomic E-state index is 0.400. The number of hydrogen-bond donors (Lipinski definition) is 1. The summed E-state index contributed by atoms with van der Waals surface area (Å²) in [6.45, 7) is 2.17. The Hall–Kier alpha value is -1.87. The van der Waals surface area contributed by atoms with Crippen LogP contribution in [0.2, 0.25) is 0 Å². The zero-order valence-electron chi connectivity index (χ0n) is 10.8. The molecule has 3 heteroatoms. The molecule has 0 aliphatic rings. The van der Waals surface area contributed by atoms with Crippen molar-refractivity contribution in [1.82, 2.24) is 10.3 Å². The molecule has 0 saturated carbocycles. The summed E-state index contributed by atoms with van der Waals surface area (Å²) in [5.74, 6) is 1.59. The van der Waals surface area contributed by atoms with Gasteiger partial charge in [-0.25, -0.2) is 0 Å². The van der Waals surface area contributed by atoms with Crippen molar-refractivity contribution in [3.05, 3.63) is 54.4 Å². The van der Waals surface area contributed by atoms with Gasteiger partial charge in [-0.15, -0.1) is 0 Å². The Morgan fingerprint density at radius 1 is 1.17 bits per heavy atom. The first-order valence-electron chi connectivity index (χ1n) is 6.18. The minimum Gasteiger partial charge on any atom is -0.456 e. The molecule has 94 valence electrons. The highest BCUT2D eigenvalue weighted by atomic mass is 16.5. The number of nitrogens with one attached hydrogen (secondary N) is 1. The van der Waals surface area contributed by atoms with Crippen LogP contribution in [0.4, 0.5) is 0 Å². The van der Waals surface area contributed by atoms with E-state index in [2.05, 4.69) is 29.4 Å². The van der Waals surface area contributed by atoms with Gasteiger partial charge in [0.1, 0.15) is 11.5 Å². The van der Waals surface area contributed by atoms with Crippen LogP contribution in [0.15, 0.2) is 48.8 Å². The van der Waals surface area contributed by atoms with Crippen LogP contribution in [0.1, 0.15) is 24.9 Å². The molecule has 1 aromatic carbocycles. The second-order valence-corrected chi connectivity index (χ2v) is 4.11. The third kappa shape index (κ3) is 3.08. The first-order valence-corrected chi connectivity index (χ1v) is 6.18. The maximum absolute atomic E-state index is 5.70. The molecular formula is C15H18N2O. The van der Waals surface area contributed by atoms with Crippen molar-refractivity contribution >= 4 is 0 Å². The Balaban J connectivity index is 2.08. The van der Waals surface area contributed by atoms with E-state index < -0.39 is 0 Å². The molecule has 1 aromatic heterocycles. The van der Waals surface area contributed by atoms with Gasteiger partial charge in [0.25, 0.3) is 0 Å². The van der Waals surface area contributed by atoms with E-state index in [9.17, 15) is 0 Å². The van der Waals surface area contributed by atoms with E-state index >= 15 is 0 Å². The van der Waals surface area contributed by atoms with Gasteiger partial charge in [0.05, 0.1) is 6.20 Å². The highest BCUT2D eigenvalue weighted by Crippen LogP contribution is 2.23. The lowest BCUT2D eigenvalue weighted by Crippen LogP contribution is -2.14. The normalized spacial score (nSPS) is 12.1. The van der Waals surface area contributed by atoms with Gasteiger partial charge in [-0.2, -0.15) is 0 Å². The summed E-state index contributed by atoms with van der Waals surface area (Å²) in [6, 6.07) is 12.3. The van der Waals surface area contributed by atoms with Crippen LogP contribution in [0, 0.1) is 0 Å². The fraction of sp³-hybridized carbons (Fsp3) is 0.267. The van der Waals surface area contributed by atoms with Crippen LogP contribution in [-0.2, 0) is 0 Å². The van der Waals surface area contributed by atoms with Gasteiger partial charge in [-0.1, -0.05) is 19.1 Å². The zero-order valence-corrected chi connectivity index (χ0v) is 10.8. The molecule has 1 unspecified atom stereocenters. The SMILES string of the molecule is CCC(NC)c1ccc(Oc2cccnc2)cc1. The Kier molecular flexibility index (Phi) is 4.31. The van der Waals surface area contributed by atoms with Crippen LogP contribution in [0.3, 0.4) is 0 Å². The zero-order chi connectivity index (χ0) is 12.8. The van der Waals surface area contributed by atoms with Gasteiger partial charge in [0.15, 0.2) is 0 Å². The monoisotopic (exact) mass is 242 g/mol. The lowest BCUT2D eigenvalue weighted by molar-refractivity contribution is 0.479. The van der Waals surface area contributed by atoms with Crippen LogP contribution in [-0.4, -0.2) is 12.0 Å². The first-order chi connectivity index (χ1) is 8.83. The lowest BCUT2D eigenvalue weighted by atomic mass is 10.0. The topological polar surface area (TPSA) is 34.1 Å². The van der Waals surface area contributed by atoms with E-state index in [1.54, 1.807) is 12.4 Å². The lowest BCUT2D eigenvalue weighted by Gasteiger charge is -2.14. The van der Waals surface area contributed by atoms with Crippen molar-refractivity contribution in [2.45, 2.75) is 19.4 Å². The summed E-state index contributed by atoms with van der Waals surface area (Å²) < 4.78 is 5.70. The van der Waals surface area contributed by atoms with Gasteiger partial charge in [0, 0.05) is 12.2 Å². The molecule has 3 nitrogen and oxygen atoms in total. The molecule has 1 heterocycles. The second kappa shape index (κ2) is 6.17. The van der Waals surface area contributed by atoms with Crippen molar-refractivity contribution in [2.24, 2.45) is 0 Å². The van der Waals surface area contributed by atoms with E-state index in [0.717, 1.165) is 17.9 Å². The second-order valence-electron chi connectivity index (χ2n) is 4.11. The molecule has 0 aliphatic heterocycles. The van der Waals surface area contributed by atoms with E-state index in [4.69, 9.17) is 4.74 Å². The minimum atomic E-state index is 0.400. The maximum atomic E-state index is 5.70. The van der Waals surface area contributed by atoms with Crippen molar-refractivity contribution in [3.63, 3.8) is 0 Å². The van der Waals surface area contributed by atoms with Gasteiger partial charge in [0.2, 0.25) is 0 Å². The summed E-state index contributed by atoms with van der Waals surface area (Å²) in [4.78, 5) is 4.02. The van der Waals surface area contributed by atoms with Gasteiger partial charge >= 0.3 is 0 Å². The van der Waals surface area contributed by atoms with Gasteiger partial charge in [-0.05, 0) is 43.3 Å². The van der Waals surface area contributed by atoms with Gasteiger partial charge in [-0.3, -0.25) is 4.98 Å².